The van der Waals surface area contributed by atoms with Crippen LogP contribution in [0.3, 0.4) is 0 Å². The molecule has 7 nitrogen and oxygen atoms in total. The molecular formula is C25H19F3N6OS. The van der Waals surface area contributed by atoms with Gasteiger partial charge in [0.05, 0.1) is 22.3 Å². The molecule has 0 unspecified atom stereocenters. The second-order valence-corrected chi connectivity index (χ2v) is 9.07. The largest absolute Gasteiger partial charge is 0.416 e. The van der Waals surface area contributed by atoms with E-state index >= 15 is 0 Å². The highest BCUT2D eigenvalue weighted by molar-refractivity contribution is 7.14. The minimum absolute atomic E-state index is 0.145. The predicted molar refractivity (Wildman–Crippen MR) is 133 cm³/mol. The minimum Gasteiger partial charge on any atom is -0.366 e. The summed E-state index contributed by atoms with van der Waals surface area (Å²) in [5.41, 5.74) is 8.97. The number of nitrogens with two attached hydrogens (primary N) is 1. The van der Waals surface area contributed by atoms with Gasteiger partial charge in [0.25, 0.3) is 0 Å². The molecule has 2 aromatic carbocycles. The van der Waals surface area contributed by atoms with Crippen LogP contribution in [-0.2, 0) is 13.2 Å². The fourth-order valence-corrected chi connectivity index (χ4v) is 4.63. The summed E-state index contributed by atoms with van der Waals surface area (Å²) in [7, 11) is 1.71. The molecule has 3 N–H and O–H groups in total. The molecule has 0 spiro atoms. The lowest BCUT2D eigenvalue weighted by Gasteiger charge is -2.11. The number of aromatic nitrogens is 4. The third-order valence-electron chi connectivity index (χ3n) is 5.75. The van der Waals surface area contributed by atoms with Crippen molar-refractivity contribution in [3.63, 3.8) is 0 Å². The Kier molecular flexibility index (Phi) is 5.71. The summed E-state index contributed by atoms with van der Waals surface area (Å²) < 4.78 is 42.1. The summed E-state index contributed by atoms with van der Waals surface area (Å²) in [5, 5.41) is 5.93. The maximum Gasteiger partial charge on any atom is 0.416 e. The standard InChI is InChI=1S/C25H19F3N6OS/c1-13-7-21-19(11-18(13)32-24-33-20(12-36-24)14-3-5-30-6-4-14)31-23(34(21)2)16-8-15(22(29)35)9-17(10-16)25(26,27)28/h3-12H,1-2H3,(H2,29,35)(H,32,33). The maximum absolute atomic E-state index is 13.5. The van der Waals surface area contributed by atoms with Gasteiger partial charge < -0.3 is 15.6 Å². The molecule has 36 heavy (non-hydrogen) atoms. The van der Waals surface area contributed by atoms with Crippen molar-refractivity contribution >= 4 is 39.1 Å². The number of amides is 1. The molecule has 182 valence electrons. The molecule has 3 aromatic heterocycles. The van der Waals surface area contributed by atoms with Crippen molar-refractivity contribution < 1.29 is 18.0 Å². The molecule has 0 atom stereocenters. The van der Waals surface area contributed by atoms with Crippen LogP contribution in [0.2, 0.25) is 0 Å². The van der Waals surface area contributed by atoms with Gasteiger partial charge in [0.1, 0.15) is 5.82 Å². The average molecular weight is 509 g/mol. The molecule has 0 bridgehead atoms. The third-order valence-corrected chi connectivity index (χ3v) is 6.51. The SMILES string of the molecule is Cc1cc2c(cc1Nc1nc(-c3ccncc3)cs1)nc(-c1cc(C(N)=O)cc(C(F)(F)F)c1)n2C. The number of anilines is 2. The first kappa shape index (κ1) is 23.5. The topological polar surface area (TPSA) is 98.7 Å². The Bertz CT molecular complexity index is 1610. The molecule has 1 amide bonds. The number of nitrogens with zero attached hydrogens (tertiary/aromatic N) is 4. The van der Waals surface area contributed by atoms with Crippen molar-refractivity contribution in [1.82, 2.24) is 19.5 Å². The smallest absolute Gasteiger partial charge is 0.366 e. The Morgan fingerprint density at radius 2 is 1.81 bits per heavy atom. The first-order valence-electron chi connectivity index (χ1n) is 10.7. The van der Waals surface area contributed by atoms with Gasteiger partial charge in [0.15, 0.2) is 5.13 Å². The van der Waals surface area contributed by atoms with Gasteiger partial charge in [-0.2, -0.15) is 13.2 Å². The van der Waals surface area contributed by atoms with Crippen LogP contribution in [0.15, 0.2) is 60.2 Å². The summed E-state index contributed by atoms with van der Waals surface area (Å²) in [6, 6.07) is 10.5. The lowest BCUT2D eigenvalue weighted by molar-refractivity contribution is -0.137. The molecule has 3 heterocycles. The predicted octanol–water partition coefficient (Wildman–Crippen LogP) is 5.93. The van der Waals surface area contributed by atoms with Crippen LogP contribution in [0, 0.1) is 6.92 Å². The van der Waals surface area contributed by atoms with E-state index in [1.165, 1.54) is 17.4 Å². The van der Waals surface area contributed by atoms with Crippen molar-refractivity contribution in [1.29, 1.82) is 0 Å². The summed E-state index contributed by atoms with van der Waals surface area (Å²) >= 11 is 1.45. The van der Waals surface area contributed by atoms with Gasteiger partial charge in [-0.1, -0.05) is 0 Å². The molecule has 0 aliphatic heterocycles. The Morgan fingerprint density at radius 1 is 1.06 bits per heavy atom. The van der Waals surface area contributed by atoms with E-state index in [1.807, 2.05) is 36.6 Å². The van der Waals surface area contributed by atoms with Crippen LogP contribution in [0.25, 0.3) is 33.7 Å². The molecule has 11 heteroatoms. The number of benzene rings is 2. The second kappa shape index (κ2) is 8.76. The van der Waals surface area contributed by atoms with Crippen LogP contribution in [-0.4, -0.2) is 25.4 Å². The fraction of sp³-hybridized carbons (Fsp3) is 0.120. The van der Waals surface area contributed by atoms with Crippen molar-refractivity contribution in [2.75, 3.05) is 5.32 Å². The third kappa shape index (κ3) is 4.40. The van der Waals surface area contributed by atoms with E-state index in [0.29, 0.717) is 10.6 Å². The molecular weight excluding hydrogens is 489 g/mol. The number of rotatable bonds is 5. The molecule has 0 saturated carbocycles. The highest BCUT2D eigenvalue weighted by Crippen LogP contribution is 2.35. The number of hydrogen-bond acceptors (Lipinski definition) is 6. The number of thiazole rings is 1. The quantitative estimate of drug-likeness (QED) is 0.307. The Labute approximate surface area is 207 Å². The molecule has 0 radical (unpaired) electrons. The second-order valence-electron chi connectivity index (χ2n) is 8.21. The lowest BCUT2D eigenvalue weighted by atomic mass is 10.0. The fourth-order valence-electron chi connectivity index (χ4n) is 3.90. The van der Waals surface area contributed by atoms with E-state index in [2.05, 4.69) is 20.3 Å². The molecule has 5 rings (SSSR count). The van der Waals surface area contributed by atoms with Crippen molar-refractivity contribution in [3.05, 3.63) is 76.9 Å². The molecule has 5 aromatic rings. The number of hydrogen-bond donors (Lipinski definition) is 2. The number of carbonyl (C=O) groups is 1. The molecule has 0 fully saturated rings. The van der Waals surface area contributed by atoms with E-state index in [1.54, 1.807) is 24.0 Å². The van der Waals surface area contributed by atoms with Crippen LogP contribution in [0.1, 0.15) is 21.5 Å². The maximum atomic E-state index is 13.5. The zero-order valence-corrected chi connectivity index (χ0v) is 19.9. The van der Waals surface area contributed by atoms with Crippen LogP contribution in [0.4, 0.5) is 24.0 Å². The minimum atomic E-state index is -4.64. The summed E-state index contributed by atoms with van der Waals surface area (Å²) in [5.74, 6) is -0.664. The van der Waals surface area contributed by atoms with E-state index in [9.17, 15) is 18.0 Å². The van der Waals surface area contributed by atoms with E-state index in [0.717, 1.165) is 40.2 Å². The number of imidazole rings is 1. The number of alkyl halides is 3. The van der Waals surface area contributed by atoms with E-state index < -0.39 is 17.6 Å². The van der Waals surface area contributed by atoms with E-state index in [-0.39, 0.29) is 17.0 Å². The lowest BCUT2D eigenvalue weighted by Crippen LogP contribution is -2.14. The Morgan fingerprint density at radius 3 is 2.50 bits per heavy atom. The first-order chi connectivity index (χ1) is 17.1. The van der Waals surface area contributed by atoms with Crippen molar-refractivity contribution in [2.24, 2.45) is 12.8 Å². The van der Waals surface area contributed by atoms with Gasteiger partial charge in [0, 0.05) is 47.2 Å². The molecule has 0 aliphatic rings. The number of fused-ring (bicyclic) bond motifs is 1. The number of aryl methyl sites for hydroxylation is 2. The molecule has 0 aliphatic carbocycles. The van der Waals surface area contributed by atoms with Crippen molar-refractivity contribution in [2.45, 2.75) is 13.1 Å². The number of carbonyl (C=O) groups excluding carboxylic acids is 1. The number of primary amides is 1. The summed E-state index contributed by atoms with van der Waals surface area (Å²) in [4.78, 5) is 24.9. The van der Waals surface area contributed by atoms with Crippen LogP contribution < -0.4 is 11.1 Å². The van der Waals surface area contributed by atoms with Gasteiger partial charge in [-0.15, -0.1) is 11.3 Å². The zero-order chi connectivity index (χ0) is 25.6. The summed E-state index contributed by atoms with van der Waals surface area (Å²) in [6.45, 7) is 1.92. The highest BCUT2D eigenvalue weighted by atomic mass is 32.1. The summed E-state index contributed by atoms with van der Waals surface area (Å²) in [6.07, 6.45) is -1.23. The van der Waals surface area contributed by atoms with Gasteiger partial charge in [-0.05, 0) is 55.0 Å². The van der Waals surface area contributed by atoms with Crippen molar-refractivity contribution in [3.8, 4) is 22.6 Å². The van der Waals surface area contributed by atoms with Gasteiger partial charge in [-0.25, -0.2) is 9.97 Å². The first-order valence-corrected chi connectivity index (χ1v) is 11.6. The Hall–Kier alpha value is -4.25. The van der Waals surface area contributed by atoms with Crippen LogP contribution >= 0.6 is 11.3 Å². The highest BCUT2D eigenvalue weighted by Gasteiger charge is 2.32. The van der Waals surface area contributed by atoms with Gasteiger partial charge in [0.2, 0.25) is 5.91 Å². The van der Waals surface area contributed by atoms with E-state index in [4.69, 9.17) is 5.73 Å². The van der Waals surface area contributed by atoms with Gasteiger partial charge >= 0.3 is 6.18 Å². The van der Waals surface area contributed by atoms with Crippen LogP contribution in [0.5, 0.6) is 0 Å². The number of nitrogens with one attached hydrogen (secondary N) is 1. The number of pyridine rings is 1. The zero-order valence-electron chi connectivity index (χ0n) is 19.1. The molecule has 0 saturated heterocycles. The monoisotopic (exact) mass is 508 g/mol. The Balaban J connectivity index is 1.54. The normalized spacial score (nSPS) is 11.7. The average Bonchev–Trinajstić information content (AvgIpc) is 3.44. The number of halogens is 3. The van der Waals surface area contributed by atoms with Gasteiger partial charge in [-0.3, -0.25) is 9.78 Å².